The number of aromatic nitrogens is 3. The highest BCUT2D eigenvalue weighted by Crippen LogP contribution is 2.41. The van der Waals surface area contributed by atoms with Crippen LogP contribution in [0.4, 0.5) is 14.9 Å². The van der Waals surface area contributed by atoms with Gasteiger partial charge in [0.15, 0.2) is 11.6 Å². The van der Waals surface area contributed by atoms with Crippen LogP contribution in [0.5, 0.6) is 5.75 Å². The number of hydrogen-bond acceptors (Lipinski definition) is 7. The standard InChI is InChI=1S/C30H33FN4O5/c1-17-28(18(2)40-33-17)19-5-11-25-24(15-19)32-29(34(25)20-6-9-22(37-3)10-7-20)26-13-14-39-30(36)35(26)21-8-12-27(38-4)23(31)16-21/h5,8,11-12,15-16,20,22,26H,6-7,9-10,13-14H2,1-4H3/t20?,22?,26-/m0/s1/i3D3. The molecule has 2 aromatic carbocycles. The number of aryl methyl sites for hydroxylation is 2. The van der Waals surface area contributed by atoms with E-state index < -0.39 is 25.0 Å². The third-order valence-electron chi connectivity index (χ3n) is 8.05. The summed E-state index contributed by atoms with van der Waals surface area (Å²) in [4.78, 5) is 19.8. The number of imidazole rings is 1. The number of carbonyl (C=O) groups is 1. The van der Waals surface area contributed by atoms with E-state index in [1.165, 1.54) is 24.1 Å². The monoisotopic (exact) mass is 551 g/mol. The van der Waals surface area contributed by atoms with Crippen molar-refractivity contribution in [2.45, 2.75) is 64.1 Å². The summed E-state index contributed by atoms with van der Waals surface area (Å²) in [7, 11) is -1.07. The second-order valence-electron chi connectivity index (χ2n) is 10.4. The van der Waals surface area contributed by atoms with Gasteiger partial charge in [-0.05, 0) is 69.4 Å². The van der Waals surface area contributed by atoms with E-state index in [9.17, 15) is 9.18 Å². The van der Waals surface area contributed by atoms with Gasteiger partial charge in [-0.15, -0.1) is 0 Å². The first-order valence-electron chi connectivity index (χ1n) is 15.0. The second kappa shape index (κ2) is 10.6. The van der Waals surface area contributed by atoms with E-state index in [4.69, 9.17) is 27.8 Å². The molecule has 1 atom stereocenters. The van der Waals surface area contributed by atoms with Crippen LogP contribution in [0.3, 0.4) is 0 Å². The van der Waals surface area contributed by atoms with Gasteiger partial charge in [-0.1, -0.05) is 11.2 Å². The molecular weight excluding hydrogens is 515 g/mol. The first-order chi connectivity index (χ1) is 20.5. The van der Waals surface area contributed by atoms with E-state index >= 15 is 0 Å². The topological polar surface area (TPSA) is 91.9 Å². The number of hydrogen-bond donors (Lipinski definition) is 0. The fourth-order valence-corrected chi connectivity index (χ4v) is 6.13. The maximum atomic E-state index is 14.8. The molecule has 9 nitrogen and oxygen atoms in total. The molecule has 1 aliphatic carbocycles. The van der Waals surface area contributed by atoms with Crippen molar-refractivity contribution in [3.8, 4) is 16.9 Å². The lowest BCUT2D eigenvalue weighted by molar-refractivity contribution is 0.0582. The molecule has 40 heavy (non-hydrogen) atoms. The summed E-state index contributed by atoms with van der Waals surface area (Å²) in [5.41, 5.74) is 4.52. The predicted molar refractivity (Wildman–Crippen MR) is 147 cm³/mol. The quantitative estimate of drug-likeness (QED) is 0.264. The van der Waals surface area contributed by atoms with E-state index in [1.807, 2.05) is 32.0 Å². The van der Waals surface area contributed by atoms with Gasteiger partial charge in [-0.3, -0.25) is 4.90 Å². The minimum Gasteiger partial charge on any atom is -0.494 e. The summed E-state index contributed by atoms with van der Waals surface area (Å²) < 4.78 is 60.7. The molecule has 0 spiro atoms. The van der Waals surface area contributed by atoms with E-state index in [-0.39, 0.29) is 24.5 Å². The number of fused-ring (bicyclic) bond motifs is 1. The number of nitrogens with zero attached hydrogens (tertiary/aromatic N) is 4. The van der Waals surface area contributed by atoms with Gasteiger partial charge in [0.05, 0.1) is 46.3 Å². The van der Waals surface area contributed by atoms with Crippen molar-refractivity contribution >= 4 is 22.8 Å². The van der Waals surface area contributed by atoms with E-state index in [0.29, 0.717) is 49.4 Å². The lowest BCUT2D eigenvalue weighted by Crippen LogP contribution is -2.42. The lowest BCUT2D eigenvalue weighted by Gasteiger charge is -2.37. The molecule has 2 aromatic heterocycles. The maximum Gasteiger partial charge on any atom is 0.414 e. The van der Waals surface area contributed by atoms with Crippen LogP contribution in [-0.4, -0.2) is 47.7 Å². The highest BCUT2D eigenvalue weighted by molar-refractivity contribution is 5.90. The fourth-order valence-electron chi connectivity index (χ4n) is 6.13. The third kappa shape index (κ3) is 4.50. The molecule has 210 valence electrons. The van der Waals surface area contributed by atoms with E-state index in [2.05, 4.69) is 9.72 Å². The smallest absolute Gasteiger partial charge is 0.414 e. The number of ether oxygens (including phenoxy) is 3. The molecular formula is C30H33FN4O5. The molecule has 1 saturated carbocycles. The van der Waals surface area contributed by atoms with Gasteiger partial charge in [0, 0.05) is 31.1 Å². The Hall–Kier alpha value is -3.92. The molecule has 1 saturated heterocycles. The summed E-state index contributed by atoms with van der Waals surface area (Å²) in [6.07, 6.45) is 1.95. The van der Waals surface area contributed by atoms with Crippen LogP contribution in [0.25, 0.3) is 22.2 Å². The Bertz CT molecular complexity index is 1640. The Balaban J connectivity index is 1.45. The first kappa shape index (κ1) is 22.9. The van der Waals surface area contributed by atoms with Crippen molar-refractivity contribution in [1.29, 1.82) is 0 Å². The Morgan fingerprint density at radius 1 is 1.10 bits per heavy atom. The van der Waals surface area contributed by atoms with Gasteiger partial charge in [-0.2, -0.15) is 0 Å². The molecule has 4 aromatic rings. The molecule has 2 aliphatic rings. The number of anilines is 1. The number of methoxy groups -OCH3 is 2. The largest absolute Gasteiger partial charge is 0.494 e. The average Bonchev–Trinajstić information content (AvgIpc) is 3.51. The van der Waals surface area contributed by atoms with Gasteiger partial charge in [0.2, 0.25) is 0 Å². The van der Waals surface area contributed by atoms with Crippen molar-refractivity contribution in [3.05, 3.63) is 59.5 Å². The Morgan fingerprint density at radius 3 is 2.62 bits per heavy atom. The lowest BCUT2D eigenvalue weighted by atomic mass is 9.92. The van der Waals surface area contributed by atoms with Crippen LogP contribution in [-0.2, 0) is 9.47 Å². The molecule has 10 heteroatoms. The summed E-state index contributed by atoms with van der Waals surface area (Å²) in [5.74, 6) is 0.828. The van der Waals surface area contributed by atoms with Crippen LogP contribution in [0.2, 0.25) is 0 Å². The molecule has 1 amide bonds. The van der Waals surface area contributed by atoms with Crippen LogP contribution in [0.1, 0.15) is 65.6 Å². The second-order valence-corrected chi connectivity index (χ2v) is 10.4. The molecule has 1 aliphatic heterocycles. The molecule has 0 unspecified atom stereocenters. The molecule has 6 rings (SSSR count). The first-order valence-corrected chi connectivity index (χ1v) is 13.5. The van der Waals surface area contributed by atoms with Crippen LogP contribution < -0.4 is 9.64 Å². The van der Waals surface area contributed by atoms with Gasteiger partial charge < -0.3 is 23.3 Å². The number of amides is 1. The zero-order valence-corrected chi connectivity index (χ0v) is 22.6. The number of cyclic esters (lactones) is 1. The van der Waals surface area contributed by atoms with E-state index in [0.717, 1.165) is 27.9 Å². The van der Waals surface area contributed by atoms with E-state index in [1.54, 1.807) is 6.07 Å². The van der Waals surface area contributed by atoms with Crippen LogP contribution in [0.15, 0.2) is 40.9 Å². The number of carbonyl (C=O) groups excluding carboxylic acids is 1. The highest BCUT2D eigenvalue weighted by Gasteiger charge is 2.38. The van der Waals surface area contributed by atoms with Crippen molar-refractivity contribution in [3.63, 3.8) is 0 Å². The summed E-state index contributed by atoms with van der Waals surface area (Å²) >= 11 is 0. The number of rotatable bonds is 6. The zero-order valence-electron chi connectivity index (χ0n) is 25.6. The number of benzene rings is 2. The molecule has 0 N–H and O–H groups in total. The van der Waals surface area contributed by atoms with Crippen LogP contribution in [0, 0.1) is 19.7 Å². The summed E-state index contributed by atoms with van der Waals surface area (Å²) in [6.45, 7) is 3.94. The molecule has 2 fully saturated rings. The fraction of sp³-hybridized carbons (Fsp3) is 0.433. The zero-order chi connectivity index (χ0) is 30.5. The van der Waals surface area contributed by atoms with Gasteiger partial charge in [0.25, 0.3) is 0 Å². The Labute approximate surface area is 236 Å². The molecule has 0 bridgehead atoms. The van der Waals surface area contributed by atoms with Crippen molar-refractivity contribution in [2.24, 2.45) is 0 Å². The Morgan fingerprint density at radius 2 is 1.93 bits per heavy atom. The highest BCUT2D eigenvalue weighted by atomic mass is 19.1. The van der Waals surface area contributed by atoms with Crippen LogP contribution >= 0.6 is 0 Å². The minimum absolute atomic E-state index is 0.0197. The molecule has 3 heterocycles. The minimum atomic E-state index is -2.45. The third-order valence-corrected chi connectivity index (χ3v) is 8.05. The summed E-state index contributed by atoms with van der Waals surface area (Å²) in [6, 6.07) is 9.81. The number of halogens is 1. The normalized spacial score (nSPS) is 23.0. The van der Waals surface area contributed by atoms with Crippen molar-refractivity contribution < 1.29 is 32.0 Å². The van der Waals surface area contributed by atoms with Crippen molar-refractivity contribution in [1.82, 2.24) is 14.7 Å². The maximum absolute atomic E-state index is 14.8. The van der Waals surface area contributed by atoms with Crippen molar-refractivity contribution in [2.75, 3.05) is 25.7 Å². The van der Waals surface area contributed by atoms with Gasteiger partial charge >= 0.3 is 6.09 Å². The summed E-state index contributed by atoms with van der Waals surface area (Å²) in [5, 5.41) is 4.10. The average molecular weight is 552 g/mol. The predicted octanol–water partition coefficient (Wildman–Crippen LogP) is 6.67. The Kier molecular flexibility index (Phi) is 6.04. The molecule has 0 radical (unpaired) electrons. The van der Waals surface area contributed by atoms with Gasteiger partial charge in [0.1, 0.15) is 17.6 Å². The van der Waals surface area contributed by atoms with Gasteiger partial charge in [-0.25, -0.2) is 14.2 Å². The SMILES string of the molecule is [2H]C([2H])([2H])OC1CCC(n2c([C@@H]3CCOC(=O)N3c3ccc(OC)c(F)c3)nc3cc(-c4c(C)noc4C)ccc32)CC1.